The molecule has 6 heteroatoms. The predicted molar refractivity (Wildman–Crippen MR) is 134 cm³/mol. The number of ether oxygens (including phenoxy) is 1. The molecular weight excluding hydrogens is 448 g/mol. The molecule has 1 saturated heterocycles. The van der Waals surface area contributed by atoms with Gasteiger partial charge in [0, 0.05) is 28.6 Å². The van der Waals surface area contributed by atoms with Crippen LogP contribution in [0.3, 0.4) is 0 Å². The van der Waals surface area contributed by atoms with E-state index in [-0.39, 0.29) is 29.4 Å². The second-order valence-electron chi connectivity index (χ2n) is 10.9. The zero-order valence-corrected chi connectivity index (χ0v) is 20.6. The molecule has 2 heterocycles. The molecule has 2 atom stereocenters. The van der Waals surface area contributed by atoms with Crippen molar-refractivity contribution < 1.29 is 14.3 Å². The van der Waals surface area contributed by atoms with Crippen LogP contribution >= 0.6 is 11.6 Å². The maximum atomic E-state index is 13.2. The van der Waals surface area contributed by atoms with Crippen molar-refractivity contribution in [1.82, 2.24) is 9.88 Å². The standard InChI is InChI=1S/C28H29ClN2O3/c1-27(2)13-18-14-28(3,16-27)17-31(18)25(32)15-34-26(33)21-12-24(20-9-4-6-10-22(20)29)30-23-11-7-5-8-19(21)23/h4-12,18H,13-17H2,1-3H3/t18-,28-/m0/s1. The lowest BCUT2D eigenvalue weighted by atomic mass is 9.65. The Hall–Kier alpha value is -2.92. The first-order valence-electron chi connectivity index (χ1n) is 11.8. The van der Waals surface area contributed by atoms with Crippen LogP contribution < -0.4 is 0 Å². The lowest BCUT2D eigenvalue weighted by Gasteiger charge is -2.39. The van der Waals surface area contributed by atoms with E-state index < -0.39 is 5.97 Å². The SMILES string of the molecule is CC1(C)C[C@H]2C[C@](C)(CN2C(=O)COC(=O)c2cc(-c3ccccc3Cl)nc3ccccc23)C1. The van der Waals surface area contributed by atoms with Crippen LogP contribution in [0.4, 0.5) is 0 Å². The predicted octanol–water partition coefficient (Wildman–Crippen LogP) is 6.14. The summed E-state index contributed by atoms with van der Waals surface area (Å²) < 4.78 is 5.57. The summed E-state index contributed by atoms with van der Waals surface area (Å²) in [4.78, 5) is 32.9. The molecule has 34 heavy (non-hydrogen) atoms. The molecule has 5 rings (SSSR count). The summed E-state index contributed by atoms with van der Waals surface area (Å²) in [6.45, 7) is 7.28. The van der Waals surface area contributed by atoms with E-state index in [9.17, 15) is 9.59 Å². The molecular formula is C28H29ClN2O3. The number of rotatable bonds is 4. The maximum absolute atomic E-state index is 13.2. The number of aromatic nitrogens is 1. The van der Waals surface area contributed by atoms with E-state index in [4.69, 9.17) is 21.3 Å². The minimum absolute atomic E-state index is 0.121. The molecule has 2 bridgehead atoms. The number of fused-ring (bicyclic) bond motifs is 3. The van der Waals surface area contributed by atoms with Crippen molar-refractivity contribution in [3.63, 3.8) is 0 Å². The number of pyridine rings is 1. The van der Waals surface area contributed by atoms with Gasteiger partial charge in [-0.25, -0.2) is 9.78 Å². The lowest BCUT2D eigenvalue weighted by molar-refractivity contribution is -0.135. The number of hydrogen-bond donors (Lipinski definition) is 0. The highest BCUT2D eigenvalue weighted by molar-refractivity contribution is 6.33. The number of carbonyl (C=O) groups excluding carboxylic acids is 2. The van der Waals surface area contributed by atoms with Crippen molar-refractivity contribution in [2.45, 2.75) is 46.1 Å². The third-order valence-electron chi connectivity index (χ3n) is 7.15. The van der Waals surface area contributed by atoms with Crippen molar-refractivity contribution in [2.75, 3.05) is 13.2 Å². The van der Waals surface area contributed by atoms with E-state index in [1.165, 1.54) is 0 Å². The van der Waals surface area contributed by atoms with Crippen molar-refractivity contribution in [3.8, 4) is 11.3 Å². The first kappa shape index (κ1) is 22.9. The Labute approximate surface area is 205 Å². The van der Waals surface area contributed by atoms with E-state index in [2.05, 4.69) is 20.8 Å². The normalized spacial score (nSPS) is 23.2. The zero-order chi connectivity index (χ0) is 24.1. The van der Waals surface area contributed by atoms with E-state index in [1.54, 1.807) is 12.1 Å². The third kappa shape index (κ3) is 4.29. The number of carbonyl (C=O) groups is 2. The minimum atomic E-state index is -0.533. The van der Waals surface area contributed by atoms with Gasteiger partial charge in [-0.15, -0.1) is 0 Å². The number of amides is 1. The molecule has 176 valence electrons. The number of esters is 1. The molecule has 0 unspecified atom stereocenters. The van der Waals surface area contributed by atoms with E-state index in [1.807, 2.05) is 47.4 Å². The van der Waals surface area contributed by atoms with Gasteiger partial charge in [0.15, 0.2) is 6.61 Å². The van der Waals surface area contributed by atoms with E-state index in [0.29, 0.717) is 27.2 Å². The topological polar surface area (TPSA) is 59.5 Å². The minimum Gasteiger partial charge on any atom is -0.452 e. The van der Waals surface area contributed by atoms with Crippen molar-refractivity contribution >= 4 is 34.4 Å². The Morgan fingerprint density at radius 1 is 1.09 bits per heavy atom. The Bertz CT molecular complexity index is 1290. The summed E-state index contributed by atoms with van der Waals surface area (Å²) in [7, 11) is 0. The zero-order valence-electron chi connectivity index (χ0n) is 19.8. The van der Waals surface area contributed by atoms with Crippen molar-refractivity contribution in [1.29, 1.82) is 0 Å². The van der Waals surface area contributed by atoms with E-state index in [0.717, 1.165) is 31.4 Å². The first-order chi connectivity index (χ1) is 16.1. The quantitative estimate of drug-likeness (QED) is 0.424. The van der Waals surface area contributed by atoms with Gasteiger partial charge in [0.05, 0.1) is 16.8 Å². The second-order valence-corrected chi connectivity index (χ2v) is 11.3. The fraction of sp³-hybridized carbons (Fsp3) is 0.393. The van der Waals surface area contributed by atoms with Crippen LogP contribution in [0.2, 0.25) is 5.02 Å². The highest BCUT2D eigenvalue weighted by Gasteiger charge is 2.50. The fourth-order valence-corrected chi connectivity index (χ4v) is 6.42. The number of likely N-dealkylation sites (tertiary alicyclic amines) is 1. The average molecular weight is 477 g/mol. The molecule has 1 aromatic heterocycles. The summed E-state index contributed by atoms with van der Waals surface area (Å²) in [6.07, 6.45) is 3.11. The largest absolute Gasteiger partial charge is 0.452 e. The Morgan fingerprint density at radius 3 is 2.62 bits per heavy atom. The smallest absolute Gasteiger partial charge is 0.339 e. The summed E-state index contributed by atoms with van der Waals surface area (Å²) in [5, 5.41) is 1.23. The Morgan fingerprint density at radius 2 is 1.82 bits per heavy atom. The molecule has 0 N–H and O–H groups in total. The molecule has 0 spiro atoms. The van der Waals surface area contributed by atoms with Crippen LogP contribution in [0.1, 0.15) is 50.4 Å². The summed E-state index contributed by atoms with van der Waals surface area (Å²) in [6, 6.07) is 16.7. The molecule has 3 aromatic rings. The van der Waals surface area contributed by atoms with Gasteiger partial charge in [0.2, 0.25) is 0 Å². The summed E-state index contributed by atoms with van der Waals surface area (Å²) in [5.74, 6) is -0.654. The van der Waals surface area contributed by atoms with Gasteiger partial charge in [-0.2, -0.15) is 0 Å². The maximum Gasteiger partial charge on any atom is 0.339 e. The number of para-hydroxylation sites is 1. The molecule has 1 amide bonds. The molecule has 1 aliphatic heterocycles. The molecule has 1 saturated carbocycles. The molecule has 2 fully saturated rings. The Kier molecular flexibility index (Phi) is 5.64. The second kappa shape index (κ2) is 8.38. The van der Waals surface area contributed by atoms with Crippen LogP contribution in [0.15, 0.2) is 54.6 Å². The summed E-state index contributed by atoms with van der Waals surface area (Å²) in [5.41, 5.74) is 2.72. The molecule has 1 aliphatic carbocycles. The number of halogens is 1. The fourth-order valence-electron chi connectivity index (χ4n) is 6.19. The van der Waals surface area contributed by atoms with Gasteiger partial charge in [-0.3, -0.25) is 4.79 Å². The van der Waals surface area contributed by atoms with Gasteiger partial charge in [0.1, 0.15) is 0 Å². The Balaban J connectivity index is 1.38. The molecule has 2 aromatic carbocycles. The number of benzene rings is 2. The highest BCUT2D eigenvalue weighted by atomic mass is 35.5. The van der Waals surface area contributed by atoms with Crippen LogP contribution in [0, 0.1) is 10.8 Å². The van der Waals surface area contributed by atoms with E-state index >= 15 is 0 Å². The molecule has 0 radical (unpaired) electrons. The lowest BCUT2D eigenvalue weighted by Crippen LogP contribution is -2.39. The van der Waals surface area contributed by atoms with Crippen LogP contribution in [0.25, 0.3) is 22.2 Å². The molecule has 5 nitrogen and oxygen atoms in total. The number of nitrogens with zero attached hydrogens (tertiary/aromatic N) is 2. The van der Waals surface area contributed by atoms with Crippen LogP contribution in [-0.4, -0.2) is 41.0 Å². The monoisotopic (exact) mass is 476 g/mol. The molecule has 2 aliphatic rings. The van der Waals surface area contributed by atoms with Crippen molar-refractivity contribution in [3.05, 3.63) is 65.2 Å². The van der Waals surface area contributed by atoms with Crippen LogP contribution in [-0.2, 0) is 9.53 Å². The van der Waals surface area contributed by atoms with Gasteiger partial charge >= 0.3 is 5.97 Å². The van der Waals surface area contributed by atoms with Gasteiger partial charge in [-0.1, -0.05) is 68.8 Å². The van der Waals surface area contributed by atoms with Gasteiger partial charge < -0.3 is 9.64 Å². The van der Waals surface area contributed by atoms with Gasteiger partial charge in [0.25, 0.3) is 5.91 Å². The highest BCUT2D eigenvalue weighted by Crippen LogP contribution is 2.52. The summed E-state index contributed by atoms with van der Waals surface area (Å²) >= 11 is 6.39. The average Bonchev–Trinajstić information content (AvgIpc) is 3.05. The third-order valence-corrected chi connectivity index (χ3v) is 7.48. The first-order valence-corrected chi connectivity index (χ1v) is 12.1. The van der Waals surface area contributed by atoms with Gasteiger partial charge in [-0.05, 0) is 48.3 Å². The van der Waals surface area contributed by atoms with Crippen molar-refractivity contribution in [2.24, 2.45) is 10.8 Å². The van der Waals surface area contributed by atoms with Crippen LogP contribution in [0.5, 0.6) is 0 Å². The number of hydrogen-bond acceptors (Lipinski definition) is 4.